The van der Waals surface area contributed by atoms with Gasteiger partial charge in [0.25, 0.3) is 0 Å². The second kappa shape index (κ2) is 10.4. The van der Waals surface area contributed by atoms with Crippen molar-refractivity contribution < 1.29 is 9.59 Å². The van der Waals surface area contributed by atoms with E-state index in [0.29, 0.717) is 0 Å². The highest BCUT2D eigenvalue weighted by Gasteiger charge is 2.20. The molecule has 2 aromatic carbocycles. The molecular weight excluding hydrogens is 326 g/mol. The number of hydrogen-bond acceptors (Lipinski definition) is 3. The Kier molecular flexibility index (Phi) is 7.83. The van der Waals surface area contributed by atoms with Gasteiger partial charge < -0.3 is 5.32 Å². The maximum Gasteiger partial charge on any atom is 0.321 e. The van der Waals surface area contributed by atoms with Gasteiger partial charge in [0.1, 0.15) is 0 Å². The quantitative estimate of drug-likeness (QED) is 0.683. The van der Waals surface area contributed by atoms with Gasteiger partial charge in [0, 0.05) is 13.1 Å². The summed E-state index contributed by atoms with van der Waals surface area (Å²) in [4.78, 5) is 23.5. The van der Waals surface area contributed by atoms with E-state index in [1.54, 1.807) is 6.92 Å². The second-order valence-corrected chi connectivity index (χ2v) is 6.30. The molecule has 3 N–H and O–H groups in total. The zero-order valence-electron chi connectivity index (χ0n) is 15.4. The normalized spacial score (nSPS) is 12.8. The van der Waals surface area contributed by atoms with Gasteiger partial charge in [-0.15, -0.1) is 0 Å². The summed E-state index contributed by atoms with van der Waals surface area (Å²) < 4.78 is 0. The van der Waals surface area contributed by atoms with E-state index < -0.39 is 12.1 Å². The first-order chi connectivity index (χ1) is 12.6. The summed E-state index contributed by atoms with van der Waals surface area (Å²) in [5, 5.41) is 8.06. The predicted octanol–water partition coefficient (Wildman–Crippen LogP) is 3.18. The fraction of sp³-hybridized carbons (Fsp3) is 0.333. The molecule has 0 aliphatic carbocycles. The van der Waals surface area contributed by atoms with Gasteiger partial charge in [-0.1, -0.05) is 60.7 Å². The highest BCUT2D eigenvalue weighted by Crippen LogP contribution is 2.20. The molecule has 2 aromatic rings. The maximum absolute atomic E-state index is 12.1. The van der Waals surface area contributed by atoms with Crippen molar-refractivity contribution in [1.29, 1.82) is 0 Å². The third-order valence-corrected chi connectivity index (χ3v) is 4.31. The Hall–Kier alpha value is -2.66. The van der Waals surface area contributed by atoms with E-state index in [1.165, 1.54) is 12.6 Å². The number of rotatable bonds is 8. The van der Waals surface area contributed by atoms with Crippen molar-refractivity contribution in [3.8, 4) is 0 Å². The number of carbonyl (C=O) groups is 2. The Morgan fingerprint density at radius 2 is 1.58 bits per heavy atom. The van der Waals surface area contributed by atoms with Crippen molar-refractivity contribution in [1.82, 2.24) is 16.0 Å². The van der Waals surface area contributed by atoms with E-state index >= 15 is 0 Å². The van der Waals surface area contributed by atoms with Crippen LogP contribution >= 0.6 is 0 Å². The number of hydrogen-bond donors (Lipinski definition) is 3. The summed E-state index contributed by atoms with van der Waals surface area (Å²) in [6.45, 7) is 1.77. The topological polar surface area (TPSA) is 70.2 Å². The minimum Gasteiger partial charge on any atom is -0.341 e. The van der Waals surface area contributed by atoms with Crippen LogP contribution in [0.2, 0.25) is 0 Å². The number of imide groups is 1. The van der Waals surface area contributed by atoms with Crippen molar-refractivity contribution in [3.05, 3.63) is 71.8 Å². The number of nitrogens with one attached hydrogen (secondary N) is 3. The van der Waals surface area contributed by atoms with E-state index in [-0.39, 0.29) is 11.9 Å². The van der Waals surface area contributed by atoms with Gasteiger partial charge in [0.2, 0.25) is 5.91 Å². The summed E-state index contributed by atoms with van der Waals surface area (Å²) in [5.74, 6) is -0.339. The predicted molar refractivity (Wildman–Crippen MR) is 104 cm³/mol. The average molecular weight is 353 g/mol. The van der Waals surface area contributed by atoms with Crippen LogP contribution in [0.25, 0.3) is 0 Å². The second-order valence-electron chi connectivity index (χ2n) is 6.30. The Labute approximate surface area is 155 Å². The van der Waals surface area contributed by atoms with Gasteiger partial charge in [-0.05, 0) is 37.3 Å². The van der Waals surface area contributed by atoms with Crippen LogP contribution in [0.15, 0.2) is 60.7 Å². The van der Waals surface area contributed by atoms with Gasteiger partial charge in [0.05, 0.1) is 6.04 Å². The molecule has 0 heterocycles. The van der Waals surface area contributed by atoms with E-state index in [4.69, 9.17) is 0 Å². The number of urea groups is 1. The molecular formula is C21H27N3O2. The molecule has 26 heavy (non-hydrogen) atoms. The molecule has 0 saturated heterocycles. The van der Waals surface area contributed by atoms with E-state index in [0.717, 1.165) is 24.8 Å². The first-order valence-corrected chi connectivity index (χ1v) is 8.97. The lowest BCUT2D eigenvalue weighted by Crippen LogP contribution is -2.48. The molecule has 0 radical (unpaired) electrons. The Balaban J connectivity index is 1.97. The van der Waals surface area contributed by atoms with Gasteiger partial charge in [-0.25, -0.2) is 4.79 Å². The Morgan fingerprint density at radius 3 is 2.19 bits per heavy atom. The Morgan fingerprint density at radius 1 is 0.962 bits per heavy atom. The Bertz CT molecular complexity index is 689. The van der Waals surface area contributed by atoms with Crippen LogP contribution in [-0.4, -0.2) is 25.0 Å². The van der Waals surface area contributed by atoms with Crippen LogP contribution in [0.4, 0.5) is 4.79 Å². The summed E-state index contributed by atoms with van der Waals surface area (Å²) in [7, 11) is 1.48. The van der Waals surface area contributed by atoms with E-state index in [1.807, 2.05) is 36.4 Å². The minimum absolute atomic E-state index is 0.0466. The fourth-order valence-electron chi connectivity index (χ4n) is 2.85. The minimum atomic E-state index is -0.496. The average Bonchev–Trinajstić information content (AvgIpc) is 2.68. The van der Waals surface area contributed by atoms with Crippen LogP contribution in [0, 0.1) is 0 Å². The monoisotopic (exact) mass is 353 g/mol. The van der Waals surface area contributed by atoms with Gasteiger partial charge in [-0.3, -0.25) is 15.4 Å². The molecule has 138 valence electrons. The molecule has 0 aromatic heterocycles. The number of amides is 3. The standard InChI is InChI=1S/C21H27N3O2/c1-16(20(25)24-21(26)22-2)23-19(18-13-7-4-8-14-18)15-9-12-17-10-5-3-6-11-17/h3-8,10-11,13-14,16,19,23H,9,12,15H2,1-2H3,(H2,22,24,25,26). The zero-order chi connectivity index (χ0) is 18.8. The first kappa shape index (κ1) is 19.7. The summed E-state index contributed by atoms with van der Waals surface area (Å²) >= 11 is 0. The third kappa shape index (κ3) is 6.33. The van der Waals surface area contributed by atoms with Gasteiger partial charge in [-0.2, -0.15) is 0 Å². The molecule has 2 atom stereocenters. The summed E-state index contributed by atoms with van der Waals surface area (Å²) in [6.07, 6.45) is 2.89. The third-order valence-electron chi connectivity index (χ3n) is 4.31. The van der Waals surface area contributed by atoms with Crippen molar-refractivity contribution in [3.63, 3.8) is 0 Å². The van der Waals surface area contributed by atoms with Crippen molar-refractivity contribution in [2.24, 2.45) is 0 Å². The number of carbonyl (C=O) groups excluding carboxylic acids is 2. The van der Waals surface area contributed by atoms with Crippen LogP contribution in [-0.2, 0) is 11.2 Å². The molecule has 0 bridgehead atoms. The van der Waals surface area contributed by atoms with Gasteiger partial charge in [0.15, 0.2) is 0 Å². The van der Waals surface area contributed by atoms with Gasteiger partial charge >= 0.3 is 6.03 Å². The summed E-state index contributed by atoms with van der Waals surface area (Å²) in [5.41, 5.74) is 2.45. The van der Waals surface area contributed by atoms with Crippen molar-refractivity contribution in [2.75, 3.05) is 7.05 Å². The lowest BCUT2D eigenvalue weighted by atomic mass is 9.98. The fourth-order valence-corrected chi connectivity index (χ4v) is 2.85. The van der Waals surface area contributed by atoms with Crippen LogP contribution in [0.5, 0.6) is 0 Å². The van der Waals surface area contributed by atoms with E-state index in [2.05, 4.69) is 40.2 Å². The van der Waals surface area contributed by atoms with Crippen molar-refractivity contribution in [2.45, 2.75) is 38.3 Å². The molecule has 0 aliphatic rings. The molecule has 0 spiro atoms. The molecule has 0 aliphatic heterocycles. The molecule has 2 unspecified atom stereocenters. The molecule has 5 heteroatoms. The van der Waals surface area contributed by atoms with Crippen LogP contribution in [0.3, 0.4) is 0 Å². The smallest absolute Gasteiger partial charge is 0.321 e. The number of benzene rings is 2. The van der Waals surface area contributed by atoms with Crippen LogP contribution < -0.4 is 16.0 Å². The van der Waals surface area contributed by atoms with Crippen LogP contribution in [0.1, 0.15) is 36.9 Å². The molecule has 3 amide bonds. The summed E-state index contributed by atoms with van der Waals surface area (Å²) in [6, 6.07) is 19.5. The molecule has 2 rings (SSSR count). The maximum atomic E-state index is 12.1. The zero-order valence-corrected chi connectivity index (χ0v) is 15.4. The van der Waals surface area contributed by atoms with Crippen molar-refractivity contribution >= 4 is 11.9 Å². The lowest BCUT2D eigenvalue weighted by molar-refractivity contribution is -0.121. The highest BCUT2D eigenvalue weighted by molar-refractivity contribution is 5.96. The van der Waals surface area contributed by atoms with E-state index in [9.17, 15) is 9.59 Å². The highest BCUT2D eigenvalue weighted by atomic mass is 16.2. The lowest BCUT2D eigenvalue weighted by Gasteiger charge is -2.23. The molecule has 0 fully saturated rings. The largest absolute Gasteiger partial charge is 0.341 e. The molecule has 0 saturated carbocycles. The SMILES string of the molecule is CNC(=O)NC(=O)C(C)NC(CCCc1ccccc1)c1ccccc1. The number of aryl methyl sites for hydroxylation is 1. The molecule has 5 nitrogen and oxygen atoms in total. The first-order valence-electron chi connectivity index (χ1n) is 8.97.